The Morgan fingerprint density at radius 2 is 2.00 bits per heavy atom. The van der Waals surface area contributed by atoms with Crippen molar-refractivity contribution in [1.29, 1.82) is 0 Å². The number of ether oxygens (including phenoxy) is 1. The van der Waals surface area contributed by atoms with Gasteiger partial charge in [0, 0.05) is 13.0 Å². The summed E-state index contributed by atoms with van der Waals surface area (Å²) in [6, 6.07) is 9.46. The van der Waals surface area contributed by atoms with Crippen LogP contribution in [0.15, 0.2) is 30.3 Å². The van der Waals surface area contributed by atoms with Crippen LogP contribution >= 0.6 is 0 Å². The molecule has 2 N–H and O–H groups in total. The molecule has 0 unspecified atom stereocenters. The Morgan fingerprint density at radius 3 is 2.65 bits per heavy atom. The summed E-state index contributed by atoms with van der Waals surface area (Å²) in [6.07, 6.45) is 1.23. The van der Waals surface area contributed by atoms with Crippen LogP contribution in [0.3, 0.4) is 0 Å². The number of rotatable bonds is 8. The first kappa shape index (κ1) is 16.0. The second-order valence-electron chi connectivity index (χ2n) is 4.83. The van der Waals surface area contributed by atoms with Crippen molar-refractivity contribution in [2.75, 3.05) is 6.54 Å². The van der Waals surface area contributed by atoms with E-state index in [1.807, 2.05) is 37.3 Å². The zero-order valence-corrected chi connectivity index (χ0v) is 11.7. The van der Waals surface area contributed by atoms with Gasteiger partial charge in [-0.15, -0.1) is 0 Å². The minimum absolute atomic E-state index is 0.120. The van der Waals surface area contributed by atoms with E-state index in [0.29, 0.717) is 6.54 Å². The van der Waals surface area contributed by atoms with Crippen molar-refractivity contribution in [1.82, 2.24) is 5.32 Å². The zero-order chi connectivity index (χ0) is 14.8. The summed E-state index contributed by atoms with van der Waals surface area (Å²) in [7, 11) is 0. The third-order valence-corrected chi connectivity index (χ3v) is 2.88. The lowest BCUT2D eigenvalue weighted by molar-refractivity contribution is -0.138. The van der Waals surface area contributed by atoms with Crippen LogP contribution in [0.1, 0.15) is 31.7 Å². The maximum Gasteiger partial charge on any atom is 0.407 e. The molecule has 0 bridgehead atoms. The standard InChI is InChI=1S/C15H21NO4/c1-12(10-14(17)18)6-5-9-16-15(19)20-11-13-7-3-2-4-8-13/h2-4,7-8,12H,5-6,9-11H2,1H3,(H,16,19)(H,17,18)/t12-/m0/s1. The van der Waals surface area contributed by atoms with Crippen LogP contribution in [0.5, 0.6) is 0 Å². The third-order valence-electron chi connectivity index (χ3n) is 2.88. The minimum Gasteiger partial charge on any atom is -0.481 e. The fourth-order valence-electron chi connectivity index (χ4n) is 1.82. The highest BCUT2D eigenvalue weighted by atomic mass is 16.5. The molecule has 0 spiro atoms. The van der Waals surface area contributed by atoms with Crippen molar-refractivity contribution in [3.05, 3.63) is 35.9 Å². The molecule has 1 rings (SSSR count). The van der Waals surface area contributed by atoms with Crippen molar-refractivity contribution in [3.63, 3.8) is 0 Å². The monoisotopic (exact) mass is 279 g/mol. The van der Waals surface area contributed by atoms with Gasteiger partial charge >= 0.3 is 12.1 Å². The number of amides is 1. The number of aliphatic carboxylic acids is 1. The first-order valence-electron chi connectivity index (χ1n) is 6.74. The zero-order valence-electron chi connectivity index (χ0n) is 11.7. The Balaban J connectivity index is 2.07. The van der Waals surface area contributed by atoms with E-state index in [0.717, 1.165) is 18.4 Å². The molecule has 0 aromatic heterocycles. The normalized spacial score (nSPS) is 11.7. The summed E-state index contributed by atoms with van der Waals surface area (Å²) in [5, 5.41) is 11.3. The Hall–Kier alpha value is -2.04. The first-order chi connectivity index (χ1) is 9.58. The molecule has 1 aromatic carbocycles. The van der Waals surface area contributed by atoms with Gasteiger partial charge < -0.3 is 15.2 Å². The molecule has 1 aromatic rings. The number of carboxylic acids is 1. The maximum atomic E-state index is 11.4. The molecule has 5 heteroatoms. The third kappa shape index (κ3) is 7.41. The average molecular weight is 279 g/mol. The molecule has 0 fully saturated rings. The van der Waals surface area contributed by atoms with Gasteiger partial charge in [-0.05, 0) is 24.3 Å². The molecule has 5 nitrogen and oxygen atoms in total. The second kappa shape index (κ2) is 8.96. The van der Waals surface area contributed by atoms with Gasteiger partial charge in [0.1, 0.15) is 6.61 Å². The molecular formula is C15H21NO4. The SMILES string of the molecule is C[C@@H](CCCNC(=O)OCc1ccccc1)CC(=O)O. The molecule has 0 saturated carbocycles. The number of nitrogens with one attached hydrogen (secondary N) is 1. The summed E-state index contributed by atoms with van der Waals surface area (Å²) in [6.45, 7) is 2.64. The van der Waals surface area contributed by atoms with Crippen molar-refractivity contribution in [3.8, 4) is 0 Å². The predicted octanol–water partition coefficient (Wildman–Crippen LogP) is 2.80. The Morgan fingerprint density at radius 1 is 1.30 bits per heavy atom. The van der Waals surface area contributed by atoms with E-state index in [1.165, 1.54) is 0 Å². The van der Waals surface area contributed by atoms with Crippen molar-refractivity contribution >= 4 is 12.1 Å². The van der Waals surface area contributed by atoms with Gasteiger partial charge in [-0.2, -0.15) is 0 Å². The van der Waals surface area contributed by atoms with E-state index in [4.69, 9.17) is 9.84 Å². The highest BCUT2D eigenvalue weighted by Gasteiger charge is 2.07. The lowest BCUT2D eigenvalue weighted by atomic mass is 10.0. The lowest BCUT2D eigenvalue weighted by Gasteiger charge is -2.09. The van der Waals surface area contributed by atoms with Crippen LogP contribution in [0.4, 0.5) is 4.79 Å². The van der Waals surface area contributed by atoms with Crippen LogP contribution in [0.25, 0.3) is 0 Å². The number of carbonyl (C=O) groups is 2. The van der Waals surface area contributed by atoms with Crippen LogP contribution in [-0.2, 0) is 16.1 Å². The molecule has 20 heavy (non-hydrogen) atoms. The highest BCUT2D eigenvalue weighted by molar-refractivity contribution is 5.67. The van der Waals surface area contributed by atoms with Crippen molar-refractivity contribution in [2.24, 2.45) is 5.92 Å². The first-order valence-corrected chi connectivity index (χ1v) is 6.74. The molecule has 1 atom stereocenters. The summed E-state index contributed by atoms with van der Waals surface area (Å²) in [5.74, 6) is -0.664. The Kier molecular flexibility index (Phi) is 7.17. The fraction of sp³-hybridized carbons (Fsp3) is 0.467. The number of hydrogen-bond acceptors (Lipinski definition) is 3. The molecule has 0 aliphatic carbocycles. The van der Waals surface area contributed by atoms with Crippen LogP contribution in [-0.4, -0.2) is 23.7 Å². The van der Waals surface area contributed by atoms with E-state index in [-0.39, 0.29) is 18.9 Å². The van der Waals surface area contributed by atoms with E-state index in [9.17, 15) is 9.59 Å². The smallest absolute Gasteiger partial charge is 0.407 e. The molecule has 1 amide bonds. The molecule has 0 heterocycles. The molecule has 0 radical (unpaired) electrons. The molecule has 0 aliphatic heterocycles. The van der Waals surface area contributed by atoms with Gasteiger partial charge in [0.2, 0.25) is 0 Å². The van der Waals surface area contributed by atoms with Gasteiger partial charge in [-0.1, -0.05) is 37.3 Å². The van der Waals surface area contributed by atoms with E-state index in [2.05, 4.69) is 5.32 Å². The van der Waals surface area contributed by atoms with Crippen molar-refractivity contribution < 1.29 is 19.4 Å². The number of hydrogen-bond donors (Lipinski definition) is 2. The van der Waals surface area contributed by atoms with E-state index < -0.39 is 12.1 Å². The van der Waals surface area contributed by atoms with Crippen molar-refractivity contribution in [2.45, 2.75) is 32.8 Å². The lowest BCUT2D eigenvalue weighted by Crippen LogP contribution is -2.25. The van der Waals surface area contributed by atoms with Crippen LogP contribution in [0.2, 0.25) is 0 Å². The molecule has 110 valence electrons. The highest BCUT2D eigenvalue weighted by Crippen LogP contribution is 2.09. The number of carbonyl (C=O) groups excluding carboxylic acids is 1. The average Bonchev–Trinajstić information content (AvgIpc) is 2.42. The second-order valence-corrected chi connectivity index (χ2v) is 4.83. The van der Waals surface area contributed by atoms with E-state index >= 15 is 0 Å². The molecule has 0 saturated heterocycles. The summed E-state index contributed by atoms with van der Waals surface area (Å²) in [5.41, 5.74) is 0.942. The summed E-state index contributed by atoms with van der Waals surface area (Å²) < 4.78 is 5.06. The largest absolute Gasteiger partial charge is 0.481 e. The molecule has 0 aliphatic rings. The maximum absolute atomic E-state index is 11.4. The van der Waals surface area contributed by atoms with Gasteiger partial charge in [-0.3, -0.25) is 4.79 Å². The van der Waals surface area contributed by atoms with E-state index in [1.54, 1.807) is 0 Å². The quantitative estimate of drug-likeness (QED) is 0.717. The number of alkyl carbamates (subject to hydrolysis) is 1. The van der Waals surface area contributed by atoms with Crippen LogP contribution in [0, 0.1) is 5.92 Å². The fourth-order valence-corrected chi connectivity index (χ4v) is 1.82. The van der Waals surface area contributed by atoms with Gasteiger partial charge in [-0.25, -0.2) is 4.79 Å². The minimum atomic E-state index is -0.785. The summed E-state index contributed by atoms with van der Waals surface area (Å²) >= 11 is 0. The number of benzene rings is 1. The van der Waals surface area contributed by atoms with Gasteiger partial charge in [0.25, 0.3) is 0 Å². The topological polar surface area (TPSA) is 75.6 Å². The number of carboxylic acid groups (broad SMARTS) is 1. The summed E-state index contributed by atoms with van der Waals surface area (Å²) in [4.78, 5) is 21.9. The van der Waals surface area contributed by atoms with Gasteiger partial charge in [0.15, 0.2) is 0 Å². The Labute approximate surface area is 118 Å². The van der Waals surface area contributed by atoms with Gasteiger partial charge in [0.05, 0.1) is 0 Å². The Bertz CT molecular complexity index is 419. The van der Waals surface area contributed by atoms with Crippen LogP contribution < -0.4 is 5.32 Å². The predicted molar refractivity (Wildman–Crippen MR) is 75.3 cm³/mol. The molecular weight excluding hydrogens is 258 g/mol.